The molecule has 2 rings (SSSR count). The van der Waals surface area contributed by atoms with E-state index in [9.17, 15) is 9.18 Å². The van der Waals surface area contributed by atoms with E-state index in [4.69, 9.17) is 14.2 Å². The third-order valence-corrected chi connectivity index (χ3v) is 4.26. The number of halogens is 1. The van der Waals surface area contributed by atoms with Crippen molar-refractivity contribution in [3.8, 4) is 17.2 Å². The normalized spacial score (nSPS) is 11.8. The lowest BCUT2D eigenvalue weighted by Crippen LogP contribution is -2.34. The maximum Gasteiger partial charge on any atom is 0.255 e. The van der Waals surface area contributed by atoms with Gasteiger partial charge in [0, 0.05) is 6.54 Å². The summed E-state index contributed by atoms with van der Waals surface area (Å²) >= 11 is 0. The molecule has 6 nitrogen and oxygen atoms in total. The fraction of sp³-hybridized carbons (Fsp3) is 0.350. The van der Waals surface area contributed by atoms with E-state index in [1.807, 2.05) is 25.1 Å². The Kier molecular flexibility index (Phi) is 7.01. The van der Waals surface area contributed by atoms with Gasteiger partial charge in [0.05, 0.1) is 32.9 Å². The number of amides is 1. The van der Waals surface area contributed by atoms with Gasteiger partial charge in [-0.25, -0.2) is 4.39 Å². The minimum absolute atomic E-state index is 0.184. The zero-order chi connectivity index (χ0) is 20.0. The van der Waals surface area contributed by atoms with Gasteiger partial charge < -0.3 is 24.4 Å². The summed E-state index contributed by atoms with van der Waals surface area (Å²) in [5.74, 6) is 0.476. The lowest BCUT2D eigenvalue weighted by atomic mass is 10.1. The molecular formula is C20H25FN2O4. The molecule has 7 heteroatoms. The predicted molar refractivity (Wildman–Crippen MR) is 101 cm³/mol. The van der Waals surface area contributed by atoms with Gasteiger partial charge in [0.1, 0.15) is 5.82 Å². The summed E-state index contributed by atoms with van der Waals surface area (Å²) in [7, 11) is 8.20. The highest BCUT2D eigenvalue weighted by molar-refractivity contribution is 5.98. The van der Waals surface area contributed by atoms with E-state index in [1.54, 1.807) is 18.2 Å². The fourth-order valence-electron chi connectivity index (χ4n) is 2.88. The molecule has 2 aromatic rings. The van der Waals surface area contributed by atoms with Crippen molar-refractivity contribution in [3.63, 3.8) is 0 Å². The molecule has 1 atom stereocenters. The smallest absolute Gasteiger partial charge is 0.255 e. The molecule has 0 fully saturated rings. The van der Waals surface area contributed by atoms with Crippen LogP contribution < -0.4 is 19.5 Å². The van der Waals surface area contributed by atoms with Crippen LogP contribution in [-0.4, -0.2) is 52.8 Å². The molecule has 0 unspecified atom stereocenters. The van der Waals surface area contributed by atoms with Crippen LogP contribution in [0.25, 0.3) is 0 Å². The number of likely N-dealkylation sites (N-methyl/N-ethyl adjacent to an activating group) is 1. The second-order valence-electron chi connectivity index (χ2n) is 6.13. The zero-order valence-electron chi connectivity index (χ0n) is 16.2. The molecule has 1 N–H and O–H groups in total. The molecule has 0 saturated heterocycles. The van der Waals surface area contributed by atoms with Crippen LogP contribution in [0.3, 0.4) is 0 Å². The van der Waals surface area contributed by atoms with Crippen molar-refractivity contribution in [3.05, 3.63) is 53.3 Å². The van der Waals surface area contributed by atoms with Crippen molar-refractivity contribution in [2.75, 3.05) is 42.0 Å². The van der Waals surface area contributed by atoms with Crippen molar-refractivity contribution < 1.29 is 23.4 Å². The monoisotopic (exact) mass is 376 g/mol. The maximum atomic E-state index is 13.6. The van der Waals surface area contributed by atoms with Gasteiger partial charge in [-0.1, -0.05) is 12.1 Å². The van der Waals surface area contributed by atoms with Crippen LogP contribution >= 0.6 is 0 Å². The molecule has 0 radical (unpaired) electrons. The number of benzene rings is 2. The van der Waals surface area contributed by atoms with Gasteiger partial charge in [0.25, 0.3) is 5.91 Å². The van der Waals surface area contributed by atoms with Gasteiger partial charge in [-0.05, 0) is 43.9 Å². The number of methoxy groups -OCH3 is 3. The molecule has 146 valence electrons. The molecule has 1 amide bonds. The summed E-state index contributed by atoms with van der Waals surface area (Å²) in [5.41, 5.74) is 1.10. The summed E-state index contributed by atoms with van der Waals surface area (Å²) in [6, 6.07) is 9.42. The van der Waals surface area contributed by atoms with Gasteiger partial charge in [-0.15, -0.1) is 0 Å². The Morgan fingerprint density at radius 2 is 1.78 bits per heavy atom. The van der Waals surface area contributed by atoms with Crippen LogP contribution in [0.1, 0.15) is 22.0 Å². The van der Waals surface area contributed by atoms with Crippen LogP contribution in [0.4, 0.5) is 4.39 Å². The number of hydrogen-bond donors (Lipinski definition) is 1. The van der Waals surface area contributed by atoms with E-state index in [0.29, 0.717) is 29.4 Å². The first kappa shape index (κ1) is 20.5. The molecule has 0 saturated carbocycles. The molecule has 0 aliphatic carbocycles. The van der Waals surface area contributed by atoms with Crippen LogP contribution in [-0.2, 0) is 0 Å². The Bertz CT molecular complexity index is 796. The summed E-state index contributed by atoms with van der Waals surface area (Å²) in [6.07, 6.45) is 0. The Morgan fingerprint density at radius 1 is 1.07 bits per heavy atom. The van der Waals surface area contributed by atoms with E-state index < -0.39 is 0 Å². The summed E-state index contributed by atoms with van der Waals surface area (Å²) < 4.78 is 29.5. The standard InChI is InChI=1S/C20H25FN2O4/c1-23(2)16(13-7-6-8-14(21)11-13)12-22-20(24)15-9-10-17(25-3)19(27-5)18(15)26-4/h6-11,16H,12H2,1-5H3,(H,22,24)/t16-/m0/s1. The first-order valence-corrected chi connectivity index (χ1v) is 8.42. The molecule has 0 aromatic heterocycles. The van der Waals surface area contributed by atoms with E-state index in [2.05, 4.69) is 5.32 Å². The number of nitrogens with one attached hydrogen (secondary N) is 1. The average Bonchev–Trinajstić information content (AvgIpc) is 2.66. The number of carbonyl (C=O) groups is 1. The first-order valence-electron chi connectivity index (χ1n) is 8.42. The van der Waals surface area contributed by atoms with Gasteiger partial charge in [-0.2, -0.15) is 0 Å². The molecule has 0 aliphatic heterocycles. The number of carbonyl (C=O) groups excluding carboxylic acids is 1. The van der Waals surface area contributed by atoms with Crippen molar-refractivity contribution in [2.45, 2.75) is 6.04 Å². The third kappa shape index (κ3) is 4.68. The molecule has 2 aromatic carbocycles. The van der Waals surface area contributed by atoms with Crippen LogP contribution in [0.15, 0.2) is 36.4 Å². The molecule has 27 heavy (non-hydrogen) atoms. The summed E-state index contributed by atoms with van der Waals surface area (Å²) in [6.45, 7) is 0.298. The number of nitrogens with zero attached hydrogens (tertiary/aromatic N) is 1. The Balaban J connectivity index is 2.23. The number of ether oxygens (including phenoxy) is 3. The Labute approximate surface area is 158 Å². The predicted octanol–water partition coefficient (Wildman–Crippen LogP) is 2.88. The molecule has 0 bridgehead atoms. The van der Waals surface area contributed by atoms with Crippen molar-refractivity contribution >= 4 is 5.91 Å². The highest BCUT2D eigenvalue weighted by atomic mass is 19.1. The summed E-state index contributed by atoms with van der Waals surface area (Å²) in [4.78, 5) is 14.7. The summed E-state index contributed by atoms with van der Waals surface area (Å²) in [5, 5.41) is 2.88. The second-order valence-corrected chi connectivity index (χ2v) is 6.13. The second kappa shape index (κ2) is 9.23. The largest absolute Gasteiger partial charge is 0.493 e. The lowest BCUT2D eigenvalue weighted by molar-refractivity contribution is 0.0938. The SMILES string of the molecule is COc1ccc(C(=O)NC[C@@H](c2cccc(F)c2)N(C)C)c(OC)c1OC. The Morgan fingerprint density at radius 3 is 2.33 bits per heavy atom. The van der Waals surface area contributed by atoms with Crippen LogP contribution in [0.2, 0.25) is 0 Å². The highest BCUT2D eigenvalue weighted by Crippen LogP contribution is 2.39. The maximum absolute atomic E-state index is 13.6. The fourth-order valence-corrected chi connectivity index (χ4v) is 2.88. The topological polar surface area (TPSA) is 60.0 Å². The quantitative estimate of drug-likeness (QED) is 0.768. The van der Waals surface area contributed by atoms with Crippen LogP contribution in [0.5, 0.6) is 17.2 Å². The molecule has 0 aliphatic rings. The van der Waals surface area contributed by atoms with Gasteiger partial charge in [-0.3, -0.25) is 4.79 Å². The molecular weight excluding hydrogens is 351 g/mol. The zero-order valence-corrected chi connectivity index (χ0v) is 16.2. The van der Waals surface area contributed by atoms with E-state index in [0.717, 1.165) is 5.56 Å². The van der Waals surface area contributed by atoms with Crippen molar-refractivity contribution in [1.29, 1.82) is 0 Å². The minimum Gasteiger partial charge on any atom is -0.493 e. The van der Waals surface area contributed by atoms with Crippen LogP contribution in [0, 0.1) is 5.82 Å². The van der Waals surface area contributed by atoms with Gasteiger partial charge >= 0.3 is 0 Å². The van der Waals surface area contributed by atoms with Gasteiger partial charge in [0.2, 0.25) is 5.75 Å². The van der Waals surface area contributed by atoms with E-state index >= 15 is 0 Å². The Hall–Kier alpha value is -2.80. The molecule has 0 heterocycles. The lowest BCUT2D eigenvalue weighted by Gasteiger charge is -2.25. The molecule has 0 spiro atoms. The van der Waals surface area contributed by atoms with Crippen molar-refractivity contribution in [2.24, 2.45) is 0 Å². The first-order chi connectivity index (χ1) is 12.9. The minimum atomic E-state index is -0.323. The highest BCUT2D eigenvalue weighted by Gasteiger charge is 2.22. The van der Waals surface area contributed by atoms with Crippen molar-refractivity contribution in [1.82, 2.24) is 10.2 Å². The number of hydrogen-bond acceptors (Lipinski definition) is 5. The third-order valence-electron chi connectivity index (χ3n) is 4.26. The average molecular weight is 376 g/mol. The van der Waals surface area contributed by atoms with E-state index in [-0.39, 0.29) is 17.8 Å². The number of rotatable bonds is 8. The van der Waals surface area contributed by atoms with Gasteiger partial charge in [0.15, 0.2) is 11.5 Å². The van der Waals surface area contributed by atoms with E-state index in [1.165, 1.54) is 33.5 Å².